The topological polar surface area (TPSA) is 91.3 Å². The van der Waals surface area contributed by atoms with E-state index in [1.54, 1.807) is 24.1 Å². The van der Waals surface area contributed by atoms with Crippen LogP contribution in [0.25, 0.3) is 0 Å². The van der Waals surface area contributed by atoms with Gasteiger partial charge in [0.15, 0.2) is 0 Å². The number of methoxy groups -OCH3 is 1. The molecular formula is C31H43N3O5. The van der Waals surface area contributed by atoms with Crippen LogP contribution in [0.2, 0.25) is 0 Å². The molecule has 0 radical (unpaired) electrons. The fraction of sp³-hybridized carbons (Fsp3) is 0.548. The lowest BCUT2D eigenvalue weighted by Gasteiger charge is -2.38. The first-order valence-electron chi connectivity index (χ1n) is 14.1. The summed E-state index contributed by atoms with van der Waals surface area (Å²) >= 11 is 0. The van der Waals surface area contributed by atoms with E-state index in [0.29, 0.717) is 30.1 Å². The van der Waals surface area contributed by atoms with Crippen LogP contribution in [0.15, 0.2) is 42.5 Å². The van der Waals surface area contributed by atoms with Gasteiger partial charge in [0.1, 0.15) is 17.6 Å². The van der Waals surface area contributed by atoms with Crippen molar-refractivity contribution in [2.45, 2.75) is 64.6 Å². The van der Waals surface area contributed by atoms with Crippen LogP contribution in [0.5, 0.6) is 11.5 Å². The predicted octanol–water partition coefficient (Wildman–Crippen LogP) is 4.57. The smallest absolute Gasteiger partial charge is 0.258 e. The number of likely N-dealkylation sites (N-methyl/N-ethyl adjacent to an activating group) is 1. The van der Waals surface area contributed by atoms with Crippen LogP contribution in [0.1, 0.15) is 61.9 Å². The number of hydrogen-bond donors (Lipinski definition) is 2. The minimum Gasteiger partial charge on any atom is -0.497 e. The summed E-state index contributed by atoms with van der Waals surface area (Å²) in [6.07, 6.45) is 4.97. The molecule has 2 aromatic rings. The van der Waals surface area contributed by atoms with Gasteiger partial charge in [-0.25, -0.2) is 0 Å². The Morgan fingerprint density at radius 2 is 1.90 bits per heavy atom. The standard InChI is InChI=1S/C31H43N3O5/c1-21-17-34(22(2)20-35)31(37)27-16-25(32-30(36)24-8-6-5-7-9-24)12-15-28(27)39-29(21)19-33(3)18-23-10-13-26(38-4)14-11-23/h10-16,21-22,24,29,35H,5-9,17-20H2,1-4H3,(H,32,36)/t21-,22+,29-/m1/s1. The lowest BCUT2D eigenvalue weighted by molar-refractivity contribution is -0.120. The third-order valence-corrected chi connectivity index (χ3v) is 8.01. The van der Waals surface area contributed by atoms with E-state index >= 15 is 0 Å². The molecule has 0 saturated heterocycles. The van der Waals surface area contributed by atoms with Crippen molar-refractivity contribution in [3.05, 3.63) is 53.6 Å². The number of amides is 2. The van der Waals surface area contributed by atoms with Crippen molar-refractivity contribution < 1.29 is 24.2 Å². The summed E-state index contributed by atoms with van der Waals surface area (Å²) in [5.74, 6) is 1.19. The van der Waals surface area contributed by atoms with Gasteiger partial charge in [-0.15, -0.1) is 0 Å². The van der Waals surface area contributed by atoms with Crippen LogP contribution in [0.3, 0.4) is 0 Å². The van der Waals surface area contributed by atoms with E-state index in [0.717, 1.165) is 38.0 Å². The molecule has 8 heteroatoms. The number of nitrogens with zero attached hydrogens (tertiary/aromatic N) is 2. The van der Waals surface area contributed by atoms with Crippen molar-refractivity contribution in [3.63, 3.8) is 0 Å². The van der Waals surface area contributed by atoms with Crippen molar-refractivity contribution in [2.75, 3.05) is 39.2 Å². The first kappa shape index (κ1) is 28.9. The number of rotatable bonds is 9. The van der Waals surface area contributed by atoms with Crippen LogP contribution >= 0.6 is 0 Å². The van der Waals surface area contributed by atoms with E-state index in [4.69, 9.17) is 9.47 Å². The fourth-order valence-electron chi connectivity index (χ4n) is 5.54. The molecule has 2 aromatic carbocycles. The number of carbonyl (C=O) groups is 2. The van der Waals surface area contributed by atoms with Crippen molar-refractivity contribution in [1.29, 1.82) is 0 Å². The molecule has 39 heavy (non-hydrogen) atoms. The van der Waals surface area contributed by atoms with Gasteiger partial charge in [-0.3, -0.25) is 14.5 Å². The maximum Gasteiger partial charge on any atom is 0.258 e. The molecule has 0 spiro atoms. The number of hydrogen-bond acceptors (Lipinski definition) is 6. The van der Waals surface area contributed by atoms with E-state index in [-0.39, 0.29) is 42.4 Å². The summed E-state index contributed by atoms with van der Waals surface area (Å²) < 4.78 is 11.8. The molecule has 1 aliphatic carbocycles. The maximum atomic E-state index is 13.7. The van der Waals surface area contributed by atoms with Gasteiger partial charge in [-0.2, -0.15) is 0 Å². The number of nitrogens with one attached hydrogen (secondary N) is 1. The van der Waals surface area contributed by atoms with E-state index in [9.17, 15) is 14.7 Å². The second-order valence-corrected chi connectivity index (χ2v) is 11.2. The van der Waals surface area contributed by atoms with Crippen LogP contribution in [0.4, 0.5) is 5.69 Å². The molecule has 212 valence electrons. The Balaban J connectivity index is 1.55. The SMILES string of the molecule is COc1ccc(CN(C)C[C@H]2Oc3ccc(NC(=O)C4CCCCC4)cc3C(=O)N([C@@H](C)CO)C[C@H]2C)cc1. The summed E-state index contributed by atoms with van der Waals surface area (Å²) in [5.41, 5.74) is 2.17. The molecule has 1 aliphatic heterocycles. The van der Waals surface area contributed by atoms with Gasteiger partial charge in [0.25, 0.3) is 5.91 Å². The lowest BCUT2D eigenvalue weighted by atomic mass is 9.88. The number of benzene rings is 2. The number of carbonyl (C=O) groups excluding carboxylic acids is 2. The molecule has 1 saturated carbocycles. The van der Waals surface area contributed by atoms with Crippen LogP contribution in [-0.2, 0) is 11.3 Å². The van der Waals surface area contributed by atoms with Gasteiger partial charge in [-0.05, 0) is 62.7 Å². The van der Waals surface area contributed by atoms with Gasteiger partial charge in [0, 0.05) is 37.2 Å². The van der Waals surface area contributed by atoms with Crippen molar-refractivity contribution in [1.82, 2.24) is 9.80 Å². The second-order valence-electron chi connectivity index (χ2n) is 11.2. The first-order chi connectivity index (χ1) is 18.8. The third-order valence-electron chi connectivity index (χ3n) is 8.01. The predicted molar refractivity (Wildman–Crippen MR) is 152 cm³/mol. The average molecular weight is 538 g/mol. The largest absolute Gasteiger partial charge is 0.497 e. The molecule has 1 heterocycles. The highest BCUT2D eigenvalue weighted by Gasteiger charge is 2.34. The van der Waals surface area contributed by atoms with Gasteiger partial charge >= 0.3 is 0 Å². The monoisotopic (exact) mass is 537 g/mol. The van der Waals surface area contributed by atoms with Crippen molar-refractivity contribution >= 4 is 17.5 Å². The molecule has 1 fully saturated rings. The lowest BCUT2D eigenvalue weighted by Crippen LogP contribution is -2.49. The normalized spacial score (nSPS) is 21.0. The molecule has 0 aromatic heterocycles. The third kappa shape index (κ3) is 7.31. The number of aliphatic hydroxyl groups is 1. The minimum absolute atomic E-state index is 0.0149. The Hall–Kier alpha value is -3.10. The fourth-order valence-corrected chi connectivity index (χ4v) is 5.54. The Morgan fingerprint density at radius 3 is 2.56 bits per heavy atom. The van der Waals surface area contributed by atoms with E-state index < -0.39 is 0 Å². The highest BCUT2D eigenvalue weighted by atomic mass is 16.5. The Kier molecular flexibility index (Phi) is 9.86. The molecule has 3 atom stereocenters. The van der Waals surface area contributed by atoms with Crippen LogP contribution in [-0.4, -0.2) is 72.7 Å². The maximum absolute atomic E-state index is 13.7. The summed E-state index contributed by atoms with van der Waals surface area (Å²) in [5, 5.41) is 13.0. The zero-order valence-electron chi connectivity index (χ0n) is 23.7. The zero-order chi connectivity index (χ0) is 27.9. The van der Waals surface area contributed by atoms with Crippen LogP contribution < -0.4 is 14.8 Å². The van der Waals surface area contributed by atoms with Gasteiger partial charge in [-0.1, -0.05) is 38.3 Å². The summed E-state index contributed by atoms with van der Waals surface area (Å²) in [7, 11) is 3.72. The van der Waals surface area contributed by atoms with Crippen molar-refractivity contribution in [2.24, 2.45) is 11.8 Å². The number of fused-ring (bicyclic) bond motifs is 1. The molecule has 2 N–H and O–H groups in total. The zero-order valence-corrected chi connectivity index (χ0v) is 23.7. The Labute approximate surface area is 232 Å². The van der Waals surface area contributed by atoms with Gasteiger partial charge in [0.2, 0.25) is 5.91 Å². The molecule has 8 nitrogen and oxygen atoms in total. The van der Waals surface area contributed by atoms with E-state index in [2.05, 4.69) is 36.3 Å². The van der Waals surface area contributed by atoms with E-state index in [1.165, 1.54) is 12.0 Å². The van der Waals surface area contributed by atoms with E-state index in [1.807, 2.05) is 25.1 Å². The number of aliphatic hydroxyl groups excluding tert-OH is 1. The molecular weight excluding hydrogens is 494 g/mol. The quantitative estimate of drug-likeness (QED) is 0.487. The summed E-state index contributed by atoms with van der Waals surface area (Å²) in [6.45, 7) is 5.66. The minimum atomic E-state index is -0.343. The highest BCUT2D eigenvalue weighted by Crippen LogP contribution is 2.32. The number of ether oxygens (including phenoxy) is 2. The Morgan fingerprint density at radius 1 is 1.18 bits per heavy atom. The molecule has 0 unspecified atom stereocenters. The molecule has 4 rings (SSSR count). The van der Waals surface area contributed by atoms with Gasteiger partial charge < -0.3 is 24.8 Å². The molecule has 2 amide bonds. The average Bonchev–Trinajstić information content (AvgIpc) is 2.95. The van der Waals surface area contributed by atoms with Gasteiger partial charge in [0.05, 0.1) is 25.3 Å². The molecule has 0 bridgehead atoms. The highest BCUT2D eigenvalue weighted by molar-refractivity contribution is 6.00. The summed E-state index contributed by atoms with van der Waals surface area (Å²) in [6, 6.07) is 13.0. The first-order valence-corrected chi connectivity index (χ1v) is 14.1. The number of anilines is 1. The summed E-state index contributed by atoms with van der Waals surface area (Å²) in [4.78, 5) is 30.5. The Bertz CT molecular complexity index is 1120. The second kappa shape index (κ2) is 13.3. The van der Waals surface area contributed by atoms with Crippen LogP contribution in [0, 0.1) is 11.8 Å². The van der Waals surface area contributed by atoms with Crippen molar-refractivity contribution in [3.8, 4) is 11.5 Å². The molecule has 2 aliphatic rings.